The van der Waals surface area contributed by atoms with Crippen LogP contribution in [0.4, 0.5) is 0 Å². The molecule has 1 aromatic carbocycles. The van der Waals surface area contributed by atoms with Gasteiger partial charge in [-0.2, -0.15) is 12.6 Å². The molecule has 1 aromatic heterocycles. The summed E-state index contributed by atoms with van der Waals surface area (Å²) in [5.41, 5.74) is 40.8. The van der Waals surface area contributed by atoms with Gasteiger partial charge in [-0.05, 0) is 99.1 Å². The molecule has 20 N–H and O–H groups in total. The van der Waals surface area contributed by atoms with Crippen LogP contribution in [0.15, 0.2) is 56.8 Å². The first-order valence-electron chi connectivity index (χ1n) is 33.4. The molecular weight excluding hydrogens is 1290 g/mol. The lowest BCUT2D eigenvalue weighted by Gasteiger charge is -2.42. The highest BCUT2D eigenvalue weighted by molar-refractivity contribution is 7.80. The number of ether oxygens (including phenoxy) is 1. The number of thiophene rings is 1. The van der Waals surface area contributed by atoms with Gasteiger partial charge in [-0.15, -0.1) is 11.3 Å². The molecule has 5 fully saturated rings. The standard InChI is InChI=1S/C63H96N20O12S2/c64-41(14-5-19-71-61(65)66)52(86)76-43(16-7-21-73-63(69)70)57(91)80-22-8-18-47(80)59(93)82-34-39(84)30-48(82)54(88)74-32-51(85)75-44(31-40-13-9-27-97-40)53(87)78-45(35-96)58(92)81-33-38-12-2-1-10-36(38)28-50(81)60(94)83-46-17-4-3-11-37(46)29-49(83)55(89)77-42(15-6-20-72-62(67)68)56(90)79-23-25-95-26-24-79/h1-2,9-10,12-13,27,37,39,41-50,84,96H,3-8,11,14-26,28-35,64H2,(H,74,88)(H,75,85)(H,76,86)(H,77,89)(H,78,87)(H4,65,66,71)(H4,67,68,72)(H4,69,70,73)/t37-,39+,41+,42+,43-,44-,45-,46-,47-,48-,49-,50+/m0/s1. The number of carbonyl (C=O) groups excluding carboxylic acids is 10. The third-order valence-electron chi connectivity index (χ3n) is 18.8. The van der Waals surface area contributed by atoms with Gasteiger partial charge >= 0.3 is 0 Å². The van der Waals surface area contributed by atoms with E-state index in [2.05, 4.69) is 54.2 Å². The molecule has 0 radical (unpaired) electrons. The molecule has 10 amide bonds. The van der Waals surface area contributed by atoms with Crippen LogP contribution in [-0.2, 0) is 72.1 Å². The fourth-order valence-electron chi connectivity index (χ4n) is 13.9. The van der Waals surface area contributed by atoms with Gasteiger partial charge in [-0.25, -0.2) is 0 Å². The number of aliphatic hydroxyl groups is 1. The van der Waals surface area contributed by atoms with E-state index in [-0.39, 0.29) is 132 Å². The Morgan fingerprint density at radius 2 is 1.25 bits per heavy atom. The summed E-state index contributed by atoms with van der Waals surface area (Å²) in [7, 11) is 0. The van der Waals surface area contributed by atoms with Gasteiger partial charge < -0.3 is 101 Å². The van der Waals surface area contributed by atoms with E-state index in [9.17, 15) is 43.5 Å². The monoisotopic (exact) mass is 1390 g/mol. The maximum Gasteiger partial charge on any atom is 0.246 e. The van der Waals surface area contributed by atoms with Crippen molar-refractivity contribution in [1.82, 2.24) is 51.1 Å². The summed E-state index contributed by atoms with van der Waals surface area (Å²) in [4.78, 5) is 165. The molecule has 1 aliphatic carbocycles. The van der Waals surface area contributed by atoms with Crippen molar-refractivity contribution in [2.45, 2.75) is 176 Å². The van der Waals surface area contributed by atoms with Crippen molar-refractivity contribution in [3.05, 3.63) is 57.8 Å². The fraction of sp³-hybridized carbons (Fsp3) is 0.635. The van der Waals surface area contributed by atoms with Crippen molar-refractivity contribution in [2.24, 2.45) is 61.0 Å². The van der Waals surface area contributed by atoms with Crippen LogP contribution in [0.1, 0.15) is 106 Å². The molecule has 6 aliphatic rings. The van der Waals surface area contributed by atoms with E-state index in [0.717, 1.165) is 30.4 Å². The number of aliphatic imine (C=N–C) groups is 3. The van der Waals surface area contributed by atoms with Crippen molar-refractivity contribution >= 4 is 101 Å². The highest BCUT2D eigenvalue weighted by atomic mass is 32.1. The smallest absolute Gasteiger partial charge is 0.246 e. The van der Waals surface area contributed by atoms with Crippen LogP contribution in [0.3, 0.4) is 0 Å². The average molecular weight is 1390 g/mol. The molecule has 8 rings (SSSR count). The zero-order valence-electron chi connectivity index (χ0n) is 54.7. The molecule has 532 valence electrons. The second-order valence-corrected chi connectivity index (χ2v) is 26.9. The zero-order chi connectivity index (χ0) is 69.9. The molecule has 4 saturated heterocycles. The van der Waals surface area contributed by atoms with Crippen LogP contribution in [-0.4, -0.2) is 244 Å². The summed E-state index contributed by atoms with van der Waals surface area (Å²) in [5.74, 6) is -6.67. The molecule has 2 aromatic rings. The maximum absolute atomic E-state index is 15.7. The summed E-state index contributed by atoms with van der Waals surface area (Å²) in [6, 6.07) is 0.389. The summed E-state index contributed by atoms with van der Waals surface area (Å²) in [6.45, 7) is 1.16. The number of hydrogen-bond acceptors (Lipinski definition) is 18. The van der Waals surface area contributed by atoms with Gasteiger partial charge in [0, 0.05) is 88.3 Å². The minimum Gasteiger partial charge on any atom is -0.391 e. The molecule has 5 aliphatic heterocycles. The van der Waals surface area contributed by atoms with E-state index < -0.39 is 120 Å². The third-order valence-corrected chi connectivity index (χ3v) is 20.0. The number of carbonyl (C=O) groups is 10. The Bertz CT molecular complexity index is 3200. The number of rotatable bonds is 30. The normalized spacial score (nSPS) is 22.8. The van der Waals surface area contributed by atoms with E-state index in [0.29, 0.717) is 63.3 Å². The molecular formula is C63H96N20O12S2. The average Bonchev–Trinajstić information content (AvgIpc) is 1.67. The predicted molar refractivity (Wildman–Crippen MR) is 364 cm³/mol. The second kappa shape index (κ2) is 35.8. The number of guanidine groups is 3. The molecule has 1 saturated carbocycles. The molecule has 32 nitrogen and oxygen atoms in total. The van der Waals surface area contributed by atoms with Gasteiger partial charge in [-0.1, -0.05) is 43.2 Å². The second-order valence-electron chi connectivity index (χ2n) is 25.5. The van der Waals surface area contributed by atoms with Crippen LogP contribution < -0.4 is 66.7 Å². The Morgan fingerprint density at radius 1 is 0.619 bits per heavy atom. The lowest BCUT2D eigenvalue weighted by atomic mass is 9.84. The maximum atomic E-state index is 15.7. The van der Waals surface area contributed by atoms with Gasteiger partial charge in [0.2, 0.25) is 59.1 Å². The van der Waals surface area contributed by atoms with E-state index in [1.54, 1.807) is 27.3 Å². The van der Waals surface area contributed by atoms with Crippen LogP contribution in [0, 0.1) is 5.92 Å². The summed E-state index contributed by atoms with van der Waals surface area (Å²) < 4.78 is 5.50. The Morgan fingerprint density at radius 3 is 1.90 bits per heavy atom. The Labute approximate surface area is 573 Å². The number of benzene rings is 1. The SMILES string of the molecule is NC(N)=NCCC[C@@H](N)C(=O)N[C@@H](CCCN=C(N)N)C(=O)N1CCC[C@H]1C(=O)N1C[C@H](O)C[C@H]1C(=O)NCC(=O)N[C@@H](Cc1cccs1)C(=O)N[C@@H](CS)C(=O)N1Cc2ccccc2C[C@@H]1C(=O)N1[C@H](C(=O)N[C@H](CCCN=C(N)N)C(=O)N2CCOCC2)C[C@@H]2CCCC[C@@H]21. The number of amides is 10. The van der Waals surface area contributed by atoms with E-state index in [1.165, 1.54) is 26.0 Å². The lowest BCUT2D eigenvalue weighted by Crippen LogP contribution is -2.63. The van der Waals surface area contributed by atoms with Gasteiger partial charge in [0.05, 0.1) is 31.9 Å². The molecule has 0 bridgehead atoms. The largest absolute Gasteiger partial charge is 0.391 e. The number of likely N-dealkylation sites (tertiary alicyclic amines) is 3. The van der Waals surface area contributed by atoms with Gasteiger partial charge in [-0.3, -0.25) is 62.9 Å². The number of nitrogens with zero attached hydrogens (tertiary/aromatic N) is 8. The lowest BCUT2D eigenvalue weighted by molar-refractivity contribution is -0.153. The van der Waals surface area contributed by atoms with Crippen LogP contribution in [0.25, 0.3) is 0 Å². The van der Waals surface area contributed by atoms with Gasteiger partial charge in [0.1, 0.15) is 48.3 Å². The number of nitrogens with one attached hydrogen (secondary N) is 5. The number of morpholine rings is 1. The first kappa shape index (κ1) is 74.5. The van der Waals surface area contributed by atoms with Gasteiger partial charge in [0.25, 0.3) is 0 Å². The minimum absolute atomic E-state index is 0.0190. The first-order valence-corrected chi connectivity index (χ1v) is 34.9. The highest BCUT2D eigenvalue weighted by Crippen LogP contribution is 2.41. The Kier molecular flexibility index (Phi) is 27.5. The van der Waals surface area contributed by atoms with Gasteiger partial charge in [0.15, 0.2) is 17.9 Å². The van der Waals surface area contributed by atoms with Crippen LogP contribution >= 0.6 is 24.0 Å². The van der Waals surface area contributed by atoms with Crippen molar-refractivity contribution in [1.29, 1.82) is 0 Å². The summed E-state index contributed by atoms with van der Waals surface area (Å²) in [6.07, 6.45) is 4.35. The predicted octanol–water partition coefficient (Wildman–Crippen LogP) is -4.31. The number of thiol groups is 1. The number of hydrogen-bond donors (Lipinski definition) is 14. The molecule has 0 spiro atoms. The van der Waals surface area contributed by atoms with E-state index >= 15 is 9.59 Å². The van der Waals surface area contributed by atoms with Crippen molar-refractivity contribution in [3.8, 4) is 0 Å². The minimum atomic E-state index is -1.34. The van der Waals surface area contributed by atoms with Crippen LogP contribution in [0.5, 0.6) is 0 Å². The highest BCUT2D eigenvalue weighted by Gasteiger charge is 2.52. The first-order chi connectivity index (χ1) is 46.5. The Balaban J connectivity index is 0.938. The molecule has 97 heavy (non-hydrogen) atoms. The van der Waals surface area contributed by atoms with Crippen LogP contribution in [0.2, 0.25) is 0 Å². The third kappa shape index (κ3) is 20.2. The Hall–Kier alpha value is -8.34. The van der Waals surface area contributed by atoms with E-state index in [4.69, 9.17) is 44.9 Å². The quantitative estimate of drug-likeness (QED) is 0.0152. The van der Waals surface area contributed by atoms with Crippen molar-refractivity contribution in [3.63, 3.8) is 0 Å². The van der Waals surface area contributed by atoms with Crippen molar-refractivity contribution < 1.29 is 57.8 Å². The molecule has 0 unspecified atom stereocenters. The van der Waals surface area contributed by atoms with E-state index in [1.807, 2.05) is 24.3 Å². The molecule has 6 heterocycles. The number of β-amino-alcohol motifs (C(OH)–C–C–N with tert-alkyl or cyclic N) is 1. The fourth-order valence-corrected chi connectivity index (χ4v) is 14.9. The summed E-state index contributed by atoms with van der Waals surface area (Å²) >= 11 is 5.88. The summed E-state index contributed by atoms with van der Waals surface area (Å²) in [5, 5.41) is 26.5. The topological polar surface area (TPSA) is 496 Å². The molecule has 34 heteroatoms. The number of fused-ring (bicyclic) bond motifs is 2. The number of aliphatic hydroxyl groups excluding tert-OH is 1. The zero-order valence-corrected chi connectivity index (χ0v) is 56.4. The molecule has 12 atom stereocenters. The number of nitrogens with two attached hydrogens (primary N) is 7. The van der Waals surface area contributed by atoms with Crippen molar-refractivity contribution in [2.75, 3.05) is 71.3 Å².